The lowest BCUT2D eigenvalue weighted by Gasteiger charge is -2.35. The van der Waals surface area contributed by atoms with Crippen LogP contribution in [0.5, 0.6) is 0 Å². The van der Waals surface area contributed by atoms with Gasteiger partial charge < -0.3 is 4.74 Å². The number of rotatable bonds is 4. The second-order valence-electron chi connectivity index (χ2n) is 6.16. The molecule has 0 fully saturated rings. The lowest BCUT2D eigenvalue weighted by Crippen LogP contribution is -2.37. The molecule has 114 valence electrons. The molecular formula is C19H20O2S. The monoisotopic (exact) mass is 312 g/mol. The van der Waals surface area contributed by atoms with E-state index in [4.69, 9.17) is 4.74 Å². The Morgan fingerprint density at radius 1 is 1.27 bits per heavy atom. The van der Waals surface area contributed by atoms with E-state index in [1.54, 1.807) is 18.3 Å². The van der Waals surface area contributed by atoms with Gasteiger partial charge in [-0.3, -0.25) is 0 Å². The number of fused-ring (bicyclic) bond motifs is 1. The summed E-state index contributed by atoms with van der Waals surface area (Å²) in [5.74, 6) is -0.0625. The number of esters is 1. The summed E-state index contributed by atoms with van der Waals surface area (Å²) in [7, 11) is 0. The number of thiophene rings is 1. The molecule has 1 aromatic carbocycles. The molecule has 1 aliphatic carbocycles. The third-order valence-corrected chi connectivity index (χ3v) is 5.26. The summed E-state index contributed by atoms with van der Waals surface area (Å²) in [6.45, 7) is 7.44. The summed E-state index contributed by atoms with van der Waals surface area (Å²) in [4.78, 5) is 12.2. The SMILES string of the molecule is C=C(C)C(=O)OC(C)(c1ccsc1)C1Cc2ccccc2C1. The van der Waals surface area contributed by atoms with Crippen LogP contribution in [-0.4, -0.2) is 5.97 Å². The van der Waals surface area contributed by atoms with Gasteiger partial charge in [0, 0.05) is 17.1 Å². The highest BCUT2D eigenvalue weighted by atomic mass is 32.1. The van der Waals surface area contributed by atoms with E-state index in [1.807, 2.05) is 12.3 Å². The number of hydrogen-bond donors (Lipinski definition) is 0. The molecule has 0 aliphatic heterocycles. The minimum absolute atomic E-state index is 0.253. The molecule has 0 saturated heterocycles. The summed E-state index contributed by atoms with van der Waals surface area (Å²) in [6, 6.07) is 10.5. The van der Waals surface area contributed by atoms with Gasteiger partial charge in [-0.05, 0) is 54.6 Å². The molecule has 1 heterocycles. The molecule has 22 heavy (non-hydrogen) atoms. The van der Waals surface area contributed by atoms with Crippen LogP contribution >= 0.6 is 11.3 Å². The molecule has 0 spiro atoms. The van der Waals surface area contributed by atoms with Gasteiger partial charge in [-0.15, -0.1) is 0 Å². The van der Waals surface area contributed by atoms with Gasteiger partial charge in [-0.25, -0.2) is 4.79 Å². The van der Waals surface area contributed by atoms with E-state index in [1.165, 1.54) is 11.1 Å². The first kappa shape index (κ1) is 15.0. The second-order valence-corrected chi connectivity index (χ2v) is 6.94. The molecule has 2 aromatic rings. The first-order valence-electron chi connectivity index (χ1n) is 7.49. The molecule has 1 atom stereocenters. The Morgan fingerprint density at radius 3 is 2.41 bits per heavy atom. The molecule has 1 aromatic heterocycles. The molecule has 0 radical (unpaired) electrons. The minimum Gasteiger partial charge on any atom is -0.451 e. The van der Waals surface area contributed by atoms with Gasteiger partial charge in [-0.1, -0.05) is 30.8 Å². The number of carbonyl (C=O) groups is 1. The normalized spacial score (nSPS) is 16.8. The van der Waals surface area contributed by atoms with Gasteiger partial charge in [0.05, 0.1) is 0 Å². The molecule has 3 rings (SSSR count). The van der Waals surface area contributed by atoms with Gasteiger partial charge in [0.1, 0.15) is 5.60 Å². The summed E-state index contributed by atoms with van der Waals surface area (Å²) in [5.41, 5.74) is 3.62. The topological polar surface area (TPSA) is 26.3 Å². The third kappa shape index (κ3) is 2.61. The standard InChI is InChI=1S/C19H20O2S/c1-13(2)18(20)21-19(3,16-8-9-22-12-16)17-10-14-6-4-5-7-15(14)11-17/h4-9,12,17H,1,10-11H2,2-3H3. The van der Waals surface area contributed by atoms with Crippen LogP contribution in [-0.2, 0) is 28.0 Å². The average Bonchev–Trinajstić information content (AvgIpc) is 3.16. The van der Waals surface area contributed by atoms with Crippen molar-refractivity contribution in [2.45, 2.75) is 32.3 Å². The van der Waals surface area contributed by atoms with E-state index in [0.29, 0.717) is 5.57 Å². The Morgan fingerprint density at radius 2 is 1.91 bits per heavy atom. The number of ether oxygens (including phenoxy) is 1. The quantitative estimate of drug-likeness (QED) is 0.614. The van der Waals surface area contributed by atoms with E-state index in [-0.39, 0.29) is 11.9 Å². The van der Waals surface area contributed by atoms with Crippen LogP contribution in [0, 0.1) is 5.92 Å². The van der Waals surface area contributed by atoms with Crippen LogP contribution in [0.2, 0.25) is 0 Å². The molecule has 2 nitrogen and oxygen atoms in total. The molecule has 0 amide bonds. The second kappa shape index (κ2) is 5.73. The Bertz CT molecular complexity index is 677. The summed E-state index contributed by atoms with van der Waals surface area (Å²) >= 11 is 1.63. The summed E-state index contributed by atoms with van der Waals surface area (Å²) in [5, 5.41) is 4.11. The Balaban J connectivity index is 1.94. The third-order valence-electron chi connectivity index (χ3n) is 4.58. The fourth-order valence-corrected chi connectivity index (χ4v) is 3.92. The highest BCUT2D eigenvalue weighted by molar-refractivity contribution is 7.08. The van der Waals surface area contributed by atoms with E-state index in [0.717, 1.165) is 18.4 Å². The van der Waals surface area contributed by atoms with Crippen molar-refractivity contribution in [3.63, 3.8) is 0 Å². The molecular weight excluding hydrogens is 292 g/mol. The van der Waals surface area contributed by atoms with Crippen LogP contribution in [0.3, 0.4) is 0 Å². The fraction of sp³-hybridized carbons (Fsp3) is 0.316. The zero-order valence-corrected chi connectivity index (χ0v) is 13.8. The van der Waals surface area contributed by atoms with Crippen molar-refractivity contribution in [1.29, 1.82) is 0 Å². The zero-order valence-electron chi connectivity index (χ0n) is 13.0. The van der Waals surface area contributed by atoms with E-state index < -0.39 is 5.60 Å². The molecule has 0 N–H and O–H groups in total. The summed E-state index contributed by atoms with van der Waals surface area (Å²) < 4.78 is 5.93. The van der Waals surface area contributed by atoms with Gasteiger partial charge in [-0.2, -0.15) is 11.3 Å². The van der Waals surface area contributed by atoms with Crippen molar-refractivity contribution in [3.8, 4) is 0 Å². The lowest BCUT2D eigenvalue weighted by molar-refractivity contribution is -0.160. The highest BCUT2D eigenvalue weighted by Gasteiger charge is 2.43. The van der Waals surface area contributed by atoms with Crippen molar-refractivity contribution >= 4 is 17.3 Å². The Kier molecular flexibility index (Phi) is 3.92. The van der Waals surface area contributed by atoms with Gasteiger partial charge in [0.15, 0.2) is 0 Å². The van der Waals surface area contributed by atoms with Crippen molar-refractivity contribution in [2.75, 3.05) is 0 Å². The van der Waals surface area contributed by atoms with Gasteiger partial charge >= 0.3 is 5.97 Å². The largest absolute Gasteiger partial charge is 0.451 e. The first-order valence-corrected chi connectivity index (χ1v) is 8.43. The van der Waals surface area contributed by atoms with Crippen molar-refractivity contribution in [2.24, 2.45) is 5.92 Å². The van der Waals surface area contributed by atoms with Gasteiger partial charge in [0.2, 0.25) is 0 Å². The average molecular weight is 312 g/mol. The number of carbonyl (C=O) groups excluding carboxylic acids is 1. The maximum atomic E-state index is 12.2. The maximum absolute atomic E-state index is 12.2. The van der Waals surface area contributed by atoms with Crippen LogP contribution in [0.1, 0.15) is 30.5 Å². The van der Waals surface area contributed by atoms with Gasteiger partial charge in [0.25, 0.3) is 0 Å². The van der Waals surface area contributed by atoms with Crippen LogP contribution in [0.15, 0.2) is 53.2 Å². The first-order chi connectivity index (χ1) is 10.5. The van der Waals surface area contributed by atoms with Crippen LogP contribution in [0.25, 0.3) is 0 Å². The molecule has 0 saturated carbocycles. The van der Waals surface area contributed by atoms with Crippen LogP contribution in [0.4, 0.5) is 0 Å². The molecule has 1 unspecified atom stereocenters. The van der Waals surface area contributed by atoms with Crippen molar-refractivity contribution in [1.82, 2.24) is 0 Å². The van der Waals surface area contributed by atoms with Crippen LogP contribution < -0.4 is 0 Å². The Hall–Kier alpha value is -1.87. The lowest BCUT2D eigenvalue weighted by atomic mass is 9.82. The molecule has 1 aliphatic rings. The highest BCUT2D eigenvalue weighted by Crippen LogP contribution is 2.43. The number of benzene rings is 1. The molecule has 3 heteroatoms. The van der Waals surface area contributed by atoms with Crippen molar-refractivity contribution in [3.05, 3.63) is 69.9 Å². The van der Waals surface area contributed by atoms with Crippen molar-refractivity contribution < 1.29 is 9.53 Å². The predicted molar refractivity (Wildman–Crippen MR) is 89.9 cm³/mol. The smallest absolute Gasteiger partial charge is 0.333 e. The Labute approximate surface area is 135 Å². The fourth-order valence-electron chi connectivity index (χ4n) is 3.15. The molecule has 0 bridgehead atoms. The summed E-state index contributed by atoms with van der Waals surface area (Å²) in [6.07, 6.45) is 1.87. The predicted octanol–water partition coefficient (Wildman–Crippen LogP) is 4.50. The number of hydrogen-bond acceptors (Lipinski definition) is 3. The zero-order chi connectivity index (χ0) is 15.7. The van der Waals surface area contributed by atoms with E-state index >= 15 is 0 Å². The minimum atomic E-state index is -0.616. The van der Waals surface area contributed by atoms with E-state index in [2.05, 4.69) is 42.3 Å². The maximum Gasteiger partial charge on any atom is 0.333 e. The van der Waals surface area contributed by atoms with E-state index in [9.17, 15) is 4.79 Å².